The molecule has 4 nitrogen and oxygen atoms in total. The topological polar surface area (TPSA) is 41.6 Å². The first-order valence-electron chi connectivity index (χ1n) is 8.09. The van der Waals surface area contributed by atoms with E-state index in [1.165, 1.54) is 5.56 Å². The third-order valence-electron chi connectivity index (χ3n) is 3.84. The molecule has 4 heteroatoms. The van der Waals surface area contributed by atoms with Crippen LogP contribution >= 0.6 is 0 Å². The Balaban J connectivity index is 1.98. The minimum Gasteiger partial charge on any atom is -0.473 e. The molecule has 0 unspecified atom stereocenters. The number of hydrogen-bond donors (Lipinski definition) is 1. The highest BCUT2D eigenvalue weighted by atomic mass is 16.5. The number of carbonyl (C=O) groups excluding carboxylic acids is 1. The first-order chi connectivity index (χ1) is 11.3. The number of rotatable bonds is 4. The number of urea groups is 1. The summed E-state index contributed by atoms with van der Waals surface area (Å²) in [4.78, 5) is 13.8. The quantitative estimate of drug-likeness (QED) is 0.842. The highest BCUT2D eigenvalue weighted by Gasteiger charge is 2.19. The average Bonchev–Trinajstić information content (AvgIpc) is 2.55. The van der Waals surface area contributed by atoms with Crippen molar-refractivity contribution in [3.05, 3.63) is 59.7 Å². The van der Waals surface area contributed by atoms with Crippen molar-refractivity contribution in [3.8, 4) is 5.75 Å². The first-order valence-corrected chi connectivity index (χ1v) is 8.09. The second kappa shape index (κ2) is 7.39. The Morgan fingerprint density at radius 2 is 1.79 bits per heavy atom. The molecule has 0 radical (unpaired) electrons. The molecule has 0 bridgehead atoms. The summed E-state index contributed by atoms with van der Waals surface area (Å²) >= 11 is 0. The van der Waals surface area contributed by atoms with Crippen LogP contribution in [0.3, 0.4) is 0 Å². The molecule has 0 spiro atoms. The summed E-state index contributed by atoms with van der Waals surface area (Å²) in [6.07, 6.45) is 0. The molecule has 2 rings (SSSR count). The molecule has 2 aromatic rings. The number of benzene rings is 2. The Morgan fingerprint density at radius 3 is 2.42 bits per heavy atom. The maximum atomic E-state index is 12.2. The van der Waals surface area contributed by atoms with E-state index in [2.05, 4.69) is 39.1 Å². The molecule has 2 amide bonds. The second-order valence-electron chi connectivity index (χ2n) is 6.91. The van der Waals surface area contributed by atoms with E-state index in [9.17, 15) is 4.79 Å². The summed E-state index contributed by atoms with van der Waals surface area (Å²) in [6.45, 7) is 8.64. The number of nitrogens with zero attached hydrogens (tertiary/aromatic N) is 1. The Labute approximate surface area is 144 Å². The number of anilines is 1. The van der Waals surface area contributed by atoms with Crippen molar-refractivity contribution < 1.29 is 9.53 Å². The lowest BCUT2D eigenvalue weighted by molar-refractivity contribution is 0.229. The van der Waals surface area contributed by atoms with Gasteiger partial charge < -0.3 is 10.1 Å². The fourth-order valence-electron chi connectivity index (χ4n) is 2.42. The van der Waals surface area contributed by atoms with E-state index in [1.807, 2.05) is 42.5 Å². The van der Waals surface area contributed by atoms with E-state index in [4.69, 9.17) is 4.74 Å². The minimum atomic E-state index is -0.203. The summed E-state index contributed by atoms with van der Waals surface area (Å²) in [5, 5.41) is 2.79. The van der Waals surface area contributed by atoms with Gasteiger partial charge in [0, 0.05) is 12.7 Å². The van der Waals surface area contributed by atoms with Crippen LogP contribution in [0.1, 0.15) is 31.9 Å². The van der Waals surface area contributed by atoms with Crippen LogP contribution in [0.25, 0.3) is 0 Å². The Bertz CT molecular complexity index is 691. The molecule has 0 aliphatic heterocycles. The number of carbonyl (C=O) groups is 1. The molecular formula is C20H26N2O2. The van der Waals surface area contributed by atoms with Gasteiger partial charge in [-0.3, -0.25) is 4.90 Å². The van der Waals surface area contributed by atoms with Crippen molar-refractivity contribution >= 4 is 11.7 Å². The minimum absolute atomic E-state index is 0.0216. The molecule has 0 aromatic heterocycles. The largest absolute Gasteiger partial charge is 0.473 e. The number of amides is 2. The van der Waals surface area contributed by atoms with Gasteiger partial charge in [0.25, 0.3) is 0 Å². The Kier molecular flexibility index (Phi) is 5.50. The summed E-state index contributed by atoms with van der Waals surface area (Å²) in [7, 11) is 1.73. The molecule has 0 saturated heterocycles. The lowest BCUT2D eigenvalue weighted by atomic mass is 9.85. The molecule has 0 heterocycles. The molecule has 0 atom stereocenters. The van der Waals surface area contributed by atoms with Crippen LogP contribution in [0, 0.1) is 6.92 Å². The average molecular weight is 326 g/mol. The van der Waals surface area contributed by atoms with Crippen LogP contribution in [0.5, 0.6) is 5.75 Å². The molecule has 0 aliphatic carbocycles. The van der Waals surface area contributed by atoms with Crippen molar-refractivity contribution in [2.75, 3.05) is 18.7 Å². The van der Waals surface area contributed by atoms with E-state index in [1.54, 1.807) is 11.9 Å². The molecule has 1 N–H and O–H groups in total. The van der Waals surface area contributed by atoms with Gasteiger partial charge in [0.15, 0.2) is 6.73 Å². The third-order valence-corrected chi connectivity index (χ3v) is 3.84. The summed E-state index contributed by atoms with van der Waals surface area (Å²) < 4.78 is 5.82. The molecule has 128 valence electrons. The number of hydrogen-bond acceptors (Lipinski definition) is 2. The number of ether oxygens (including phenoxy) is 1. The molecule has 24 heavy (non-hydrogen) atoms. The van der Waals surface area contributed by atoms with Crippen LogP contribution in [0.4, 0.5) is 10.5 Å². The van der Waals surface area contributed by atoms with Crippen LogP contribution in [0.2, 0.25) is 0 Å². The summed E-state index contributed by atoms with van der Waals surface area (Å²) in [6, 6.07) is 15.4. The normalized spacial score (nSPS) is 11.0. The predicted octanol–water partition coefficient (Wildman–Crippen LogP) is 4.47. The Morgan fingerprint density at radius 1 is 1.12 bits per heavy atom. The van der Waals surface area contributed by atoms with Crippen molar-refractivity contribution in [2.24, 2.45) is 0 Å². The van der Waals surface area contributed by atoms with E-state index >= 15 is 0 Å². The SMILES string of the molecule is Cc1ccc(OCNC(=O)N(C)c2ccccc2)c(C(C)(C)C)c1. The fourth-order valence-corrected chi connectivity index (χ4v) is 2.42. The number of nitrogens with one attached hydrogen (secondary N) is 1. The van der Waals surface area contributed by atoms with E-state index in [0.29, 0.717) is 0 Å². The number of para-hydroxylation sites is 1. The molecule has 0 fully saturated rings. The van der Waals surface area contributed by atoms with Gasteiger partial charge in [-0.25, -0.2) is 4.79 Å². The van der Waals surface area contributed by atoms with Gasteiger partial charge in [-0.15, -0.1) is 0 Å². The monoisotopic (exact) mass is 326 g/mol. The maximum Gasteiger partial charge on any atom is 0.324 e. The van der Waals surface area contributed by atoms with Gasteiger partial charge in [-0.05, 0) is 36.1 Å². The van der Waals surface area contributed by atoms with Crippen LogP contribution in [-0.4, -0.2) is 19.8 Å². The van der Waals surface area contributed by atoms with Crippen LogP contribution in [-0.2, 0) is 5.41 Å². The van der Waals surface area contributed by atoms with Gasteiger partial charge in [0.05, 0.1) is 0 Å². The van der Waals surface area contributed by atoms with Crippen molar-refractivity contribution in [1.82, 2.24) is 5.32 Å². The second-order valence-corrected chi connectivity index (χ2v) is 6.91. The Hall–Kier alpha value is -2.49. The van der Waals surface area contributed by atoms with E-state index < -0.39 is 0 Å². The third kappa shape index (κ3) is 4.51. The summed E-state index contributed by atoms with van der Waals surface area (Å²) in [5.74, 6) is 0.802. The fraction of sp³-hybridized carbons (Fsp3) is 0.350. The van der Waals surface area contributed by atoms with Crippen LogP contribution in [0.15, 0.2) is 48.5 Å². The zero-order valence-electron chi connectivity index (χ0n) is 15.1. The first kappa shape index (κ1) is 17.9. The summed E-state index contributed by atoms with van der Waals surface area (Å²) in [5.41, 5.74) is 3.14. The lowest BCUT2D eigenvalue weighted by Gasteiger charge is -2.24. The highest BCUT2D eigenvalue weighted by Crippen LogP contribution is 2.31. The van der Waals surface area contributed by atoms with Gasteiger partial charge in [-0.1, -0.05) is 56.7 Å². The van der Waals surface area contributed by atoms with E-state index in [-0.39, 0.29) is 18.2 Å². The zero-order valence-corrected chi connectivity index (χ0v) is 15.1. The predicted molar refractivity (Wildman–Crippen MR) is 98.8 cm³/mol. The molecular weight excluding hydrogens is 300 g/mol. The maximum absolute atomic E-state index is 12.2. The molecule has 0 aliphatic rings. The van der Waals surface area contributed by atoms with Gasteiger partial charge >= 0.3 is 6.03 Å². The van der Waals surface area contributed by atoms with E-state index in [0.717, 1.165) is 17.0 Å². The van der Waals surface area contributed by atoms with Crippen molar-refractivity contribution in [2.45, 2.75) is 33.1 Å². The van der Waals surface area contributed by atoms with Crippen molar-refractivity contribution in [3.63, 3.8) is 0 Å². The molecule has 0 saturated carbocycles. The molecule has 2 aromatic carbocycles. The lowest BCUT2D eigenvalue weighted by Crippen LogP contribution is -2.39. The van der Waals surface area contributed by atoms with Gasteiger partial charge in [-0.2, -0.15) is 0 Å². The standard InChI is InChI=1S/C20H26N2O2/c1-15-11-12-18(17(13-15)20(2,3)4)24-14-21-19(23)22(5)16-9-7-6-8-10-16/h6-13H,14H2,1-5H3,(H,21,23). The number of aryl methyl sites for hydroxylation is 1. The van der Waals surface area contributed by atoms with Gasteiger partial charge in [0.1, 0.15) is 5.75 Å². The van der Waals surface area contributed by atoms with Crippen LogP contribution < -0.4 is 15.0 Å². The van der Waals surface area contributed by atoms with Gasteiger partial charge in [0.2, 0.25) is 0 Å². The zero-order chi connectivity index (χ0) is 17.7. The van der Waals surface area contributed by atoms with Crippen molar-refractivity contribution in [1.29, 1.82) is 0 Å². The smallest absolute Gasteiger partial charge is 0.324 e. The highest BCUT2D eigenvalue weighted by molar-refractivity contribution is 5.91.